The highest BCUT2D eigenvalue weighted by molar-refractivity contribution is 5.26. The Bertz CT molecular complexity index is 522. The number of aliphatic hydroxyl groups excluding tert-OH is 1. The smallest absolute Gasteiger partial charge is 0.129 e. The summed E-state index contributed by atoms with van der Waals surface area (Å²) in [5.41, 5.74) is 2.63. The normalized spacial score (nSPS) is 12.4. The van der Waals surface area contributed by atoms with E-state index < -0.39 is 6.10 Å². The molecule has 0 saturated carbocycles. The molecule has 0 bridgehead atoms. The largest absolute Gasteiger partial charge is 0.388 e. The third-order valence-corrected chi connectivity index (χ3v) is 3.30. The molecule has 19 heavy (non-hydrogen) atoms. The summed E-state index contributed by atoms with van der Waals surface area (Å²) in [7, 11) is 0. The van der Waals surface area contributed by atoms with Crippen molar-refractivity contribution in [2.45, 2.75) is 32.3 Å². The van der Waals surface area contributed by atoms with E-state index in [9.17, 15) is 9.50 Å². The van der Waals surface area contributed by atoms with Crippen LogP contribution in [0.1, 0.15) is 35.6 Å². The first-order valence-electron chi connectivity index (χ1n) is 6.65. The van der Waals surface area contributed by atoms with E-state index in [2.05, 4.69) is 12.1 Å². The van der Waals surface area contributed by atoms with E-state index in [1.807, 2.05) is 25.1 Å². The molecular formula is C17H19FO. The molecule has 0 amide bonds. The average Bonchev–Trinajstić information content (AvgIpc) is 2.42. The van der Waals surface area contributed by atoms with Crippen LogP contribution in [0.15, 0.2) is 48.5 Å². The summed E-state index contributed by atoms with van der Waals surface area (Å²) in [6.45, 7) is 1.90. The molecule has 2 aromatic carbocycles. The van der Waals surface area contributed by atoms with Gasteiger partial charge in [-0.2, -0.15) is 0 Å². The fourth-order valence-corrected chi connectivity index (χ4v) is 2.22. The van der Waals surface area contributed by atoms with Gasteiger partial charge in [0.2, 0.25) is 0 Å². The summed E-state index contributed by atoms with van der Waals surface area (Å²) in [5, 5.41) is 10.1. The zero-order valence-corrected chi connectivity index (χ0v) is 11.1. The molecular weight excluding hydrogens is 239 g/mol. The van der Waals surface area contributed by atoms with E-state index in [0.717, 1.165) is 18.4 Å². The molecule has 2 heteroatoms. The van der Waals surface area contributed by atoms with Crippen molar-refractivity contribution in [2.75, 3.05) is 0 Å². The highest BCUT2D eigenvalue weighted by Crippen LogP contribution is 2.23. The van der Waals surface area contributed by atoms with Crippen LogP contribution in [0, 0.1) is 12.7 Å². The standard InChI is InChI=1S/C17H19FO/c1-13-10-11-16(18)15(12-13)17(19)9-5-8-14-6-3-2-4-7-14/h2-4,6-7,10-12,17,19H,5,8-9H2,1H3. The lowest BCUT2D eigenvalue weighted by Gasteiger charge is -2.12. The van der Waals surface area contributed by atoms with E-state index in [0.29, 0.717) is 12.0 Å². The van der Waals surface area contributed by atoms with Crippen LogP contribution in [0.25, 0.3) is 0 Å². The summed E-state index contributed by atoms with van der Waals surface area (Å²) in [5.74, 6) is -0.321. The summed E-state index contributed by atoms with van der Waals surface area (Å²) in [6.07, 6.45) is 1.61. The molecule has 1 atom stereocenters. The average molecular weight is 258 g/mol. The zero-order valence-electron chi connectivity index (χ0n) is 11.1. The predicted molar refractivity (Wildman–Crippen MR) is 75.5 cm³/mol. The van der Waals surface area contributed by atoms with Crippen LogP contribution >= 0.6 is 0 Å². The lowest BCUT2D eigenvalue weighted by atomic mass is 9.99. The van der Waals surface area contributed by atoms with Gasteiger partial charge in [-0.3, -0.25) is 0 Å². The molecule has 1 nitrogen and oxygen atoms in total. The molecule has 100 valence electrons. The minimum Gasteiger partial charge on any atom is -0.388 e. The van der Waals surface area contributed by atoms with Crippen molar-refractivity contribution in [1.82, 2.24) is 0 Å². The van der Waals surface area contributed by atoms with Crippen LogP contribution in [0.3, 0.4) is 0 Å². The van der Waals surface area contributed by atoms with Gasteiger partial charge < -0.3 is 5.11 Å². The molecule has 1 N–H and O–H groups in total. The van der Waals surface area contributed by atoms with Crippen LogP contribution in [-0.2, 0) is 6.42 Å². The quantitative estimate of drug-likeness (QED) is 0.852. The summed E-state index contributed by atoms with van der Waals surface area (Å²) >= 11 is 0. The molecule has 0 aliphatic heterocycles. The third kappa shape index (κ3) is 3.90. The van der Waals surface area contributed by atoms with E-state index in [4.69, 9.17) is 0 Å². The van der Waals surface area contributed by atoms with Gasteiger partial charge in [0.25, 0.3) is 0 Å². The number of rotatable bonds is 5. The van der Waals surface area contributed by atoms with Crippen LogP contribution in [0.4, 0.5) is 4.39 Å². The fraction of sp³-hybridized carbons (Fsp3) is 0.294. The van der Waals surface area contributed by atoms with Crippen molar-refractivity contribution in [3.63, 3.8) is 0 Å². The van der Waals surface area contributed by atoms with E-state index in [1.165, 1.54) is 11.6 Å². The molecule has 0 fully saturated rings. The Hall–Kier alpha value is -1.67. The Morgan fingerprint density at radius 1 is 1.11 bits per heavy atom. The maximum Gasteiger partial charge on any atom is 0.129 e. The molecule has 0 spiro atoms. The second kappa shape index (κ2) is 6.48. The maximum absolute atomic E-state index is 13.6. The number of benzene rings is 2. The van der Waals surface area contributed by atoms with Crippen LogP contribution < -0.4 is 0 Å². The second-order valence-electron chi connectivity index (χ2n) is 4.92. The predicted octanol–water partition coefficient (Wildman–Crippen LogP) is 4.19. The molecule has 2 aromatic rings. The molecule has 0 radical (unpaired) electrons. The summed E-state index contributed by atoms with van der Waals surface area (Å²) in [4.78, 5) is 0. The van der Waals surface area contributed by atoms with Gasteiger partial charge in [0, 0.05) is 5.56 Å². The van der Waals surface area contributed by atoms with E-state index in [1.54, 1.807) is 12.1 Å². The third-order valence-electron chi connectivity index (χ3n) is 3.30. The van der Waals surface area contributed by atoms with Crippen LogP contribution in [0.2, 0.25) is 0 Å². The summed E-state index contributed by atoms with van der Waals surface area (Å²) < 4.78 is 13.6. The first kappa shape index (κ1) is 13.8. The highest BCUT2D eigenvalue weighted by atomic mass is 19.1. The topological polar surface area (TPSA) is 20.2 Å². The van der Waals surface area contributed by atoms with Crippen molar-refractivity contribution in [2.24, 2.45) is 0 Å². The minimum absolute atomic E-state index is 0.321. The van der Waals surface area contributed by atoms with Crippen molar-refractivity contribution in [3.8, 4) is 0 Å². The molecule has 2 rings (SSSR count). The van der Waals surface area contributed by atoms with Gasteiger partial charge in [-0.25, -0.2) is 4.39 Å². The zero-order chi connectivity index (χ0) is 13.7. The SMILES string of the molecule is Cc1ccc(F)c(C(O)CCCc2ccccc2)c1. The number of aryl methyl sites for hydroxylation is 2. The molecule has 0 aliphatic carbocycles. The Balaban J connectivity index is 1.91. The molecule has 1 unspecified atom stereocenters. The molecule has 0 aliphatic rings. The fourth-order valence-electron chi connectivity index (χ4n) is 2.22. The van der Waals surface area contributed by atoms with Crippen molar-refractivity contribution in [1.29, 1.82) is 0 Å². The van der Waals surface area contributed by atoms with Gasteiger partial charge in [-0.05, 0) is 37.8 Å². The molecule has 0 heterocycles. The van der Waals surface area contributed by atoms with Gasteiger partial charge in [-0.1, -0.05) is 48.0 Å². The lowest BCUT2D eigenvalue weighted by Crippen LogP contribution is -2.02. The van der Waals surface area contributed by atoms with Gasteiger partial charge in [0.1, 0.15) is 5.82 Å². The lowest BCUT2D eigenvalue weighted by molar-refractivity contribution is 0.160. The van der Waals surface area contributed by atoms with Gasteiger partial charge in [0.05, 0.1) is 6.10 Å². The second-order valence-corrected chi connectivity index (χ2v) is 4.92. The monoisotopic (exact) mass is 258 g/mol. The van der Waals surface area contributed by atoms with Crippen molar-refractivity contribution in [3.05, 3.63) is 71.0 Å². The molecule has 0 aromatic heterocycles. The number of halogens is 1. The number of hydrogen-bond donors (Lipinski definition) is 1. The maximum atomic E-state index is 13.6. The first-order chi connectivity index (χ1) is 9.16. The Morgan fingerprint density at radius 2 is 1.84 bits per heavy atom. The number of hydrogen-bond acceptors (Lipinski definition) is 1. The van der Waals surface area contributed by atoms with Crippen molar-refractivity contribution < 1.29 is 9.50 Å². The van der Waals surface area contributed by atoms with Crippen LogP contribution in [-0.4, -0.2) is 5.11 Å². The first-order valence-corrected chi connectivity index (χ1v) is 6.65. The van der Waals surface area contributed by atoms with Gasteiger partial charge in [0.15, 0.2) is 0 Å². The highest BCUT2D eigenvalue weighted by Gasteiger charge is 2.12. The Labute approximate surface area is 113 Å². The number of aliphatic hydroxyl groups is 1. The van der Waals surface area contributed by atoms with Gasteiger partial charge in [-0.15, -0.1) is 0 Å². The Kier molecular flexibility index (Phi) is 4.69. The van der Waals surface area contributed by atoms with Crippen LogP contribution in [0.5, 0.6) is 0 Å². The summed E-state index contributed by atoms with van der Waals surface area (Å²) in [6, 6.07) is 15.0. The van der Waals surface area contributed by atoms with Gasteiger partial charge >= 0.3 is 0 Å². The van der Waals surface area contributed by atoms with Crippen molar-refractivity contribution >= 4 is 0 Å². The van der Waals surface area contributed by atoms with E-state index >= 15 is 0 Å². The Morgan fingerprint density at radius 3 is 2.58 bits per heavy atom. The molecule has 0 saturated heterocycles. The minimum atomic E-state index is -0.719. The van der Waals surface area contributed by atoms with E-state index in [-0.39, 0.29) is 5.82 Å².